The second kappa shape index (κ2) is 4.39. The predicted molar refractivity (Wildman–Crippen MR) is 99.7 cm³/mol. The van der Waals surface area contributed by atoms with Gasteiger partial charge in [0.2, 0.25) is 0 Å². The quantitative estimate of drug-likeness (QED) is 0.658. The van der Waals surface area contributed by atoms with Gasteiger partial charge in [0.25, 0.3) is 7.55 Å². The fraction of sp³-hybridized carbons (Fsp3) is 0.308. The zero-order valence-corrected chi connectivity index (χ0v) is 14.0. The van der Waals surface area contributed by atoms with Gasteiger partial charge in [0, 0.05) is 11.3 Å². The first kappa shape index (κ1) is 13.6. The van der Waals surface area contributed by atoms with Crippen LogP contribution in [0.1, 0.15) is 0 Å². The zero-order valence-electron chi connectivity index (χ0n) is 14.0. The van der Waals surface area contributed by atoms with Gasteiger partial charge in [-0.1, -0.05) is 25.8 Å². The van der Waals surface area contributed by atoms with E-state index in [-0.39, 0.29) is 7.12 Å². The van der Waals surface area contributed by atoms with E-state index in [9.17, 15) is 0 Å². The summed E-state index contributed by atoms with van der Waals surface area (Å²) in [5.74, 6) is 2.28. The number of benzene rings is 1. The Labute approximate surface area is 138 Å². The number of fused-ring (bicyclic) bond motifs is 3. The Kier molecular flexibility index (Phi) is 2.60. The summed E-state index contributed by atoms with van der Waals surface area (Å²) < 4.78 is 9.87. The number of anilines is 2. The van der Waals surface area contributed by atoms with Crippen molar-refractivity contribution in [1.29, 1.82) is 0 Å². The van der Waals surface area contributed by atoms with Crippen molar-refractivity contribution in [2.45, 2.75) is 13.6 Å². The van der Waals surface area contributed by atoms with Gasteiger partial charge in [0.1, 0.15) is 11.6 Å². The summed E-state index contributed by atoms with van der Waals surface area (Å²) >= 11 is 0. The maximum absolute atomic E-state index is 4.77. The summed E-state index contributed by atoms with van der Waals surface area (Å²) in [5, 5.41) is 0. The van der Waals surface area contributed by atoms with Gasteiger partial charge in [-0.25, -0.2) is 4.98 Å². The molecule has 6 nitrogen and oxygen atoms in total. The first-order valence-corrected chi connectivity index (χ1v) is 8.23. The van der Waals surface area contributed by atoms with Crippen LogP contribution >= 0.6 is 0 Å². The van der Waals surface area contributed by atoms with Crippen LogP contribution in [0.4, 0.5) is 11.5 Å². The molecule has 0 bridgehead atoms. The molecule has 1 fully saturated rings. The third-order valence-electron chi connectivity index (χ3n) is 5.81. The first-order valence-electron chi connectivity index (χ1n) is 8.23. The Hall–Kier alpha value is -1.79. The van der Waals surface area contributed by atoms with Crippen molar-refractivity contribution in [3.05, 3.63) is 30.5 Å². The molecule has 3 aliphatic heterocycles. The third-order valence-corrected chi connectivity index (χ3v) is 5.81. The number of rotatable bonds is 0. The smallest absolute Gasteiger partial charge is 0.415 e. The number of para-hydroxylation sites is 1. The highest BCUT2D eigenvalue weighted by Gasteiger charge is 2.55. The van der Waals surface area contributed by atoms with E-state index in [0.717, 1.165) is 13.4 Å². The lowest BCUT2D eigenvalue weighted by atomic mass is 9.47. The fourth-order valence-electron chi connectivity index (χ4n) is 4.26. The molecular weight excluding hydrogens is 283 g/mol. The van der Waals surface area contributed by atoms with Gasteiger partial charge in [0.15, 0.2) is 0 Å². The summed E-state index contributed by atoms with van der Waals surface area (Å²) in [4.78, 5) is 7.09. The summed E-state index contributed by atoms with van der Waals surface area (Å²) in [6.45, 7) is 5.24. The van der Waals surface area contributed by atoms with Crippen LogP contribution in [0.15, 0.2) is 30.5 Å². The zero-order chi connectivity index (χ0) is 15.9. The van der Waals surface area contributed by atoms with Crippen LogP contribution in [0.25, 0.3) is 11.4 Å². The van der Waals surface area contributed by atoms with Crippen molar-refractivity contribution >= 4 is 40.1 Å². The molecule has 1 aromatic heterocycles. The van der Waals surface area contributed by atoms with E-state index in [4.69, 9.17) is 4.98 Å². The molecule has 112 valence electrons. The third kappa shape index (κ3) is 1.53. The molecule has 1 saturated heterocycles. The van der Waals surface area contributed by atoms with E-state index in [2.05, 4.69) is 75.4 Å². The highest BCUT2D eigenvalue weighted by Crippen LogP contribution is 2.42. The molecule has 0 atom stereocenters. The molecule has 0 amide bonds. The minimum absolute atomic E-state index is 0.204. The van der Waals surface area contributed by atoms with E-state index in [1.807, 2.05) is 6.20 Å². The van der Waals surface area contributed by atoms with Crippen LogP contribution in [0.3, 0.4) is 0 Å². The molecule has 0 radical (unpaired) electrons. The standard InChI is InChI=1S/C13H18B4N6/c1-15-19(3)12-9-18-13-10-7-5-6-8-11(10)22-16(2)20(4)14-23(15)17(22)21(12)13/h5-9,14H,1-4H3. The maximum Gasteiger partial charge on any atom is 0.445 e. The van der Waals surface area contributed by atoms with Crippen molar-refractivity contribution in [2.75, 3.05) is 23.6 Å². The monoisotopic (exact) mass is 302 g/mol. The molecule has 0 N–H and O–H groups in total. The van der Waals surface area contributed by atoms with E-state index < -0.39 is 0 Å². The van der Waals surface area contributed by atoms with Gasteiger partial charge in [0.05, 0.1) is 6.20 Å². The van der Waals surface area contributed by atoms with E-state index >= 15 is 0 Å². The Balaban J connectivity index is 1.83. The molecule has 0 unspecified atom stereocenters. The molecule has 0 aliphatic carbocycles. The number of nitrogens with zero attached hydrogens (tertiary/aromatic N) is 6. The van der Waals surface area contributed by atoms with Gasteiger partial charge in [-0.3, -0.25) is 0 Å². The van der Waals surface area contributed by atoms with Crippen LogP contribution in [0.2, 0.25) is 13.6 Å². The Morgan fingerprint density at radius 3 is 2.70 bits per heavy atom. The minimum Gasteiger partial charge on any atom is -0.415 e. The molecular formula is C13H18B4N6. The number of hydrogen-bond acceptors (Lipinski definition) is 5. The summed E-state index contributed by atoms with van der Waals surface area (Å²) in [6.07, 6.45) is 2.02. The number of hydrogen-bond donors (Lipinski definition) is 0. The first-order chi connectivity index (χ1) is 11.1. The van der Waals surface area contributed by atoms with Gasteiger partial charge >= 0.3 is 21.1 Å². The molecule has 1 aromatic carbocycles. The lowest BCUT2D eigenvalue weighted by Crippen LogP contribution is -2.80. The second-order valence-electron chi connectivity index (χ2n) is 6.87. The Bertz CT molecular complexity index is 797. The van der Waals surface area contributed by atoms with Crippen LogP contribution in [0, 0.1) is 0 Å². The van der Waals surface area contributed by atoms with Crippen molar-refractivity contribution in [3.63, 3.8) is 0 Å². The Morgan fingerprint density at radius 1 is 1.09 bits per heavy atom. The SMILES string of the molecule is CB1N2BN(C)B(C)N3B2n2c(cnc2-c2ccccc23)N1C. The van der Waals surface area contributed by atoms with E-state index in [1.54, 1.807) is 0 Å². The number of aromatic nitrogens is 2. The molecule has 0 spiro atoms. The molecule has 0 saturated carbocycles. The van der Waals surface area contributed by atoms with Crippen molar-refractivity contribution in [1.82, 2.24) is 18.8 Å². The highest BCUT2D eigenvalue weighted by molar-refractivity contribution is 6.96. The summed E-state index contributed by atoms with van der Waals surface area (Å²) in [7, 11) is 5.52. The van der Waals surface area contributed by atoms with Crippen LogP contribution in [-0.2, 0) is 0 Å². The molecule has 23 heavy (non-hydrogen) atoms. The molecule has 4 heterocycles. The molecule has 2 aromatic rings. The van der Waals surface area contributed by atoms with Crippen LogP contribution in [0.5, 0.6) is 0 Å². The second-order valence-corrected chi connectivity index (χ2v) is 6.87. The summed E-state index contributed by atoms with van der Waals surface area (Å²) in [6, 6.07) is 8.64. The van der Waals surface area contributed by atoms with Gasteiger partial charge in [-0.2, -0.15) is 0 Å². The lowest BCUT2D eigenvalue weighted by molar-refractivity contribution is 0.710. The average molecular weight is 302 g/mol. The molecule has 3 aliphatic rings. The van der Waals surface area contributed by atoms with E-state index in [0.29, 0.717) is 14.0 Å². The predicted octanol–water partition coefficient (Wildman–Crippen LogP) is 0.403. The van der Waals surface area contributed by atoms with Gasteiger partial charge in [-0.05, 0) is 26.2 Å². The largest absolute Gasteiger partial charge is 0.445 e. The van der Waals surface area contributed by atoms with Crippen LogP contribution in [-0.4, -0.2) is 61.5 Å². The van der Waals surface area contributed by atoms with E-state index in [1.165, 1.54) is 17.1 Å². The maximum atomic E-state index is 4.77. The van der Waals surface area contributed by atoms with Crippen LogP contribution < -0.4 is 9.53 Å². The van der Waals surface area contributed by atoms with Gasteiger partial charge < -0.3 is 23.4 Å². The van der Waals surface area contributed by atoms with Crippen molar-refractivity contribution in [2.24, 2.45) is 0 Å². The fourth-order valence-corrected chi connectivity index (χ4v) is 4.26. The summed E-state index contributed by atoms with van der Waals surface area (Å²) in [5.41, 5.74) is 2.50. The normalized spacial score (nSPS) is 19.7. The Morgan fingerprint density at radius 2 is 1.87 bits per heavy atom. The topological polar surface area (TPSA) is 30.8 Å². The molecule has 5 rings (SSSR count). The lowest BCUT2D eigenvalue weighted by Gasteiger charge is -2.56. The van der Waals surface area contributed by atoms with Gasteiger partial charge in [-0.15, -0.1) is 0 Å². The number of imidazole rings is 1. The minimum atomic E-state index is 0.204. The average Bonchev–Trinajstić information content (AvgIpc) is 3.00. The van der Waals surface area contributed by atoms with Crippen molar-refractivity contribution < 1.29 is 0 Å². The van der Waals surface area contributed by atoms with Crippen molar-refractivity contribution in [3.8, 4) is 11.4 Å². The highest BCUT2D eigenvalue weighted by atomic mass is 15.4. The molecule has 10 heteroatoms.